The van der Waals surface area contributed by atoms with Gasteiger partial charge in [-0.1, -0.05) is 25.4 Å². The van der Waals surface area contributed by atoms with E-state index in [1.54, 1.807) is 6.07 Å². The molecule has 1 aromatic heterocycles. The van der Waals surface area contributed by atoms with E-state index in [1.165, 1.54) is 0 Å². The zero-order valence-electron chi connectivity index (χ0n) is 8.74. The zero-order valence-corrected chi connectivity index (χ0v) is 9.49. The first kappa shape index (κ1) is 10.6. The van der Waals surface area contributed by atoms with Gasteiger partial charge in [0, 0.05) is 12.0 Å². The van der Waals surface area contributed by atoms with E-state index in [0.717, 1.165) is 0 Å². The molecule has 1 aliphatic heterocycles. The quantitative estimate of drug-likeness (QED) is 0.743. The van der Waals surface area contributed by atoms with Gasteiger partial charge in [-0.3, -0.25) is 0 Å². The first-order chi connectivity index (χ1) is 7.15. The Bertz CT molecular complexity index is 353. The average molecular weight is 229 g/mol. The molecule has 2 heterocycles. The molecule has 1 aliphatic rings. The topological polar surface area (TPSA) is 44.2 Å². The summed E-state index contributed by atoms with van der Waals surface area (Å²) in [6.45, 7) is 5.28. The first-order valence-electron chi connectivity index (χ1n) is 4.94. The van der Waals surface area contributed by atoms with Gasteiger partial charge < -0.3 is 9.47 Å². The van der Waals surface area contributed by atoms with Crippen LogP contribution in [0, 0.1) is 0 Å². The van der Waals surface area contributed by atoms with Crippen LogP contribution in [0.5, 0.6) is 5.88 Å². The van der Waals surface area contributed by atoms with Crippen molar-refractivity contribution in [2.24, 2.45) is 0 Å². The molecule has 1 aromatic rings. The molecule has 0 radical (unpaired) electrons. The molecule has 0 amide bonds. The maximum atomic E-state index is 5.88. The van der Waals surface area contributed by atoms with Crippen LogP contribution in [0.2, 0.25) is 5.15 Å². The largest absolute Gasteiger partial charge is 0.469 e. The third kappa shape index (κ3) is 2.58. The van der Waals surface area contributed by atoms with Crippen molar-refractivity contribution in [1.82, 2.24) is 9.97 Å². The number of hydrogen-bond donors (Lipinski definition) is 0. The molecule has 0 aliphatic carbocycles. The van der Waals surface area contributed by atoms with Crippen molar-refractivity contribution in [2.75, 3.05) is 13.2 Å². The van der Waals surface area contributed by atoms with Crippen molar-refractivity contribution < 1.29 is 9.47 Å². The van der Waals surface area contributed by atoms with Crippen LogP contribution in [0.3, 0.4) is 0 Å². The van der Waals surface area contributed by atoms with E-state index in [9.17, 15) is 0 Å². The summed E-state index contributed by atoms with van der Waals surface area (Å²) < 4.78 is 10.6. The highest BCUT2D eigenvalue weighted by Gasteiger charge is 2.21. The lowest BCUT2D eigenvalue weighted by molar-refractivity contribution is -0.0814. The number of hydrogen-bond acceptors (Lipinski definition) is 4. The van der Waals surface area contributed by atoms with Crippen LogP contribution in [-0.4, -0.2) is 29.3 Å². The van der Waals surface area contributed by atoms with Crippen LogP contribution >= 0.6 is 11.6 Å². The Kier molecular flexibility index (Phi) is 3.07. The summed E-state index contributed by atoms with van der Waals surface area (Å²) in [6.07, 6.45) is 0.107. The molecule has 2 rings (SSSR count). The Labute approximate surface area is 93.6 Å². The fourth-order valence-electron chi connectivity index (χ4n) is 1.19. The molecule has 1 fully saturated rings. The van der Waals surface area contributed by atoms with Gasteiger partial charge in [0.15, 0.2) is 0 Å². The summed E-state index contributed by atoms with van der Waals surface area (Å²) in [5.74, 6) is 1.48. The highest BCUT2D eigenvalue weighted by atomic mass is 35.5. The molecule has 0 unspecified atom stereocenters. The van der Waals surface area contributed by atoms with Crippen LogP contribution in [0.15, 0.2) is 6.07 Å². The monoisotopic (exact) mass is 228 g/mol. The molecule has 0 bridgehead atoms. The van der Waals surface area contributed by atoms with Gasteiger partial charge in [0.25, 0.3) is 0 Å². The fourth-order valence-corrected chi connectivity index (χ4v) is 1.37. The molecule has 0 aromatic carbocycles. The average Bonchev–Trinajstić information content (AvgIpc) is 2.10. The van der Waals surface area contributed by atoms with Gasteiger partial charge in [-0.25, -0.2) is 4.98 Å². The van der Waals surface area contributed by atoms with Crippen molar-refractivity contribution >= 4 is 11.6 Å². The first-order valence-corrected chi connectivity index (χ1v) is 5.32. The Morgan fingerprint density at radius 1 is 1.47 bits per heavy atom. The van der Waals surface area contributed by atoms with E-state index >= 15 is 0 Å². The zero-order chi connectivity index (χ0) is 10.8. The molecular weight excluding hydrogens is 216 g/mol. The van der Waals surface area contributed by atoms with Gasteiger partial charge >= 0.3 is 0 Å². The molecule has 82 valence electrons. The fraction of sp³-hybridized carbons (Fsp3) is 0.600. The minimum Gasteiger partial charge on any atom is -0.469 e. The van der Waals surface area contributed by atoms with E-state index in [4.69, 9.17) is 21.1 Å². The van der Waals surface area contributed by atoms with Gasteiger partial charge in [-0.2, -0.15) is 4.98 Å². The van der Waals surface area contributed by atoms with E-state index in [1.807, 2.05) is 13.8 Å². The minimum atomic E-state index is 0.107. The summed E-state index contributed by atoms with van der Waals surface area (Å²) in [6, 6.07) is 1.63. The second-order valence-electron chi connectivity index (χ2n) is 3.82. The lowest BCUT2D eigenvalue weighted by atomic mass is 10.2. The summed E-state index contributed by atoms with van der Waals surface area (Å²) in [5.41, 5.74) is 0. The maximum Gasteiger partial charge on any atom is 0.218 e. The van der Waals surface area contributed by atoms with Crippen molar-refractivity contribution in [1.29, 1.82) is 0 Å². The molecule has 5 heteroatoms. The van der Waals surface area contributed by atoms with Gasteiger partial charge in [0.1, 0.15) is 17.1 Å². The molecule has 0 N–H and O–H groups in total. The Balaban J connectivity index is 2.15. The van der Waals surface area contributed by atoms with Crippen LogP contribution in [-0.2, 0) is 4.74 Å². The van der Waals surface area contributed by atoms with Crippen molar-refractivity contribution in [3.05, 3.63) is 17.0 Å². The SMILES string of the molecule is CC(C)c1nc(Cl)cc(OC2COC2)n1. The maximum absolute atomic E-state index is 5.88. The van der Waals surface area contributed by atoms with Crippen LogP contribution in [0.1, 0.15) is 25.6 Å². The van der Waals surface area contributed by atoms with Crippen molar-refractivity contribution in [3.8, 4) is 5.88 Å². The summed E-state index contributed by atoms with van der Waals surface area (Å²) in [5, 5.41) is 0.420. The predicted octanol–water partition coefficient (Wildman–Crippen LogP) is 2.03. The van der Waals surface area contributed by atoms with Crippen molar-refractivity contribution in [2.45, 2.75) is 25.9 Å². The number of aromatic nitrogens is 2. The molecule has 0 saturated carbocycles. The smallest absolute Gasteiger partial charge is 0.218 e. The second kappa shape index (κ2) is 4.33. The van der Waals surface area contributed by atoms with Gasteiger partial charge in [-0.05, 0) is 0 Å². The van der Waals surface area contributed by atoms with Crippen molar-refractivity contribution in [3.63, 3.8) is 0 Å². The third-order valence-electron chi connectivity index (χ3n) is 2.10. The highest BCUT2D eigenvalue weighted by molar-refractivity contribution is 6.29. The van der Waals surface area contributed by atoms with E-state index in [-0.39, 0.29) is 12.0 Å². The van der Waals surface area contributed by atoms with Crippen LogP contribution in [0.25, 0.3) is 0 Å². The van der Waals surface area contributed by atoms with E-state index < -0.39 is 0 Å². The predicted molar refractivity (Wildman–Crippen MR) is 56.4 cm³/mol. The summed E-state index contributed by atoms with van der Waals surface area (Å²) >= 11 is 5.88. The Morgan fingerprint density at radius 3 is 2.73 bits per heavy atom. The minimum absolute atomic E-state index is 0.107. The summed E-state index contributed by atoms with van der Waals surface area (Å²) in [4.78, 5) is 8.41. The van der Waals surface area contributed by atoms with Gasteiger partial charge in [0.2, 0.25) is 5.88 Å². The molecule has 15 heavy (non-hydrogen) atoms. The van der Waals surface area contributed by atoms with E-state index in [2.05, 4.69) is 9.97 Å². The second-order valence-corrected chi connectivity index (χ2v) is 4.21. The molecular formula is C10H13ClN2O2. The number of ether oxygens (including phenoxy) is 2. The standard InChI is InChI=1S/C10H13ClN2O2/c1-6(2)10-12-8(11)3-9(13-10)15-7-4-14-5-7/h3,6-7H,4-5H2,1-2H3. The van der Waals surface area contributed by atoms with Crippen LogP contribution < -0.4 is 4.74 Å². The molecule has 0 atom stereocenters. The number of rotatable bonds is 3. The third-order valence-corrected chi connectivity index (χ3v) is 2.29. The number of nitrogens with zero attached hydrogens (tertiary/aromatic N) is 2. The summed E-state index contributed by atoms with van der Waals surface area (Å²) in [7, 11) is 0. The van der Waals surface area contributed by atoms with Gasteiger partial charge in [0.05, 0.1) is 13.2 Å². The van der Waals surface area contributed by atoms with Gasteiger partial charge in [-0.15, -0.1) is 0 Å². The lowest BCUT2D eigenvalue weighted by Gasteiger charge is -2.26. The Morgan fingerprint density at radius 2 is 2.20 bits per heavy atom. The Hall–Kier alpha value is -0.870. The molecule has 4 nitrogen and oxygen atoms in total. The molecule has 1 saturated heterocycles. The highest BCUT2D eigenvalue weighted by Crippen LogP contribution is 2.20. The van der Waals surface area contributed by atoms with Crippen LogP contribution in [0.4, 0.5) is 0 Å². The normalized spacial score (nSPS) is 16.5. The van der Waals surface area contributed by atoms with E-state index in [0.29, 0.717) is 30.1 Å². The lowest BCUT2D eigenvalue weighted by Crippen LogP contribution is -2.38. The number of halogens is 1. The molecule has 0 spiro atoms.